The van der Waals surface area contributed by atoms with Crippen LogP contribution in [-0.2, 0) is 10.0 Å². The summed E-state index contributed by atoms with van der Waals surface area (Å²) in [5.41, 5.74) is 8.24. The molecule has 0 unspecified atom stereocenters. The average Bonchev–Trinajstić information content (AvgIpc) is 2.92. The molecule has 208 valence electrons. The van der Waals surface area contributed by atoms with E-state index in [0.717, 1.165) is 37.3 Å². The molecule has 3 aromatic carbocycles. The van der Waals surface area contributed by atoms with Gasteiger partial charge in [0.25, 0.3) is 10.0 Å². The monoisotopic (exact) mass is 581 g/mol. The minimum atomic E-state index is -4.01. The maximum atomic E-state index is 15.1. The first-order chi connectivity index (χ1) is 19.2. The number of benzene rings is 3. The number of nitrogens with two attached hydrogens (primary N) is 1. The van der Waals surface area contributed by atoms with Crippen molar-refractivity contribution in [3.05, 3.63) is 89.3 Å². The lowest BCUT2D eigenvalue weighted by Gasteiger charge is -2.26. The fourth-order valence-corrected chi connectivity index (χ4v) is 6.16. The Bertz CT molecular complexity index is 1630. The van der Waals surface area contributed by atoms with Gasteiger partial charge >= 0.3 is 0 Å². The molecule has 1 saturated carbocycles. The van der Waals surface area contributed by atoms with Crippen LogP contribution in [-0.4, -0.2) is 30.5 Å². The fraction of sp³-hybridized carbons (Fsp3) is 0.241. The van der Waals surface area contributed by atoms with Crippen LogP contribution in [0.3, 0.4) is 0 Å². The molecule has 0 bridgehead atoms. The summed E-state index contributed by atoms with van der Waals surface area (Å²) in [5.74, 6) is 0.0910. The summed E-state index contributed by atoms with van der Waals surface area (Å²) < 4.78 is 49.0. The summed E-state index contributed by atoms with van der Waals surface area (Å²) in [4.78, 5) is 8.95. The second-order valence-electron chi connectivity index (χ2n) is 9.80. The summed E-state index contributed by atoms with van der Waals surface area (Å²) >= 11 is 6.03. The van der Waals surface area contributed by atoms with Crippen molar-refractivity contribution in [3.63, 3.8) is 0 Å². The zero-order chi connectivity index (χ0) is 28.3. The van der Waals surface area contributed by atoms with Crippen molar-refractivity contribution in [3.8, 4) is 22.8 Å². The Morgan fingerprint density at radius 1 is 1.00 bits per heavy atom. The second kappa shape index (κ2) is 11.8. The van der Waals surface area contributed by atoms with Crippen LogP contribution in [0.15, 0.2) is 77.8 Å². The molecule has 11 heteroatoms. The van der Waals surface area contributed by atoms with E-state index in [1.165, 1.54) is 24.3 Å². The Labute approximate surface area is 237 Å². The molecule has 1 aliphatic rings. The standard InChI is InChI=1S/C29H29ClFN5O3S/c1-18-6-12-22(25-14-15-33-29(35-25)34-20-9-7-19(32)8-10-20)27(16-18)39-26-13-11-21(17-24(26)31)36-40(37,38)28-5-3-2-4-23(28)30/h2-6,11-17,19-20,36H,7-10,32H2,1H3,(H,33,34,35). The molecule has 1 heterocycles. The highest BCUT2D eigenvalue weighted by atomic mass is 35.5. The van der Waals surface area contributed by atoms with E-state index in [9.17, 15) is 8.42 Å². The van der Waals surface area contributed by atoms with Crippen molar-refractivity contribution in [2.24, 2.45) is 5.73 Å². The van der Waals surface area contributed by atoms with E-state index < -0.39 is 15.8 Å². The van der Waals surface area contributed by atoms with Gasteiger partial charge in [0.1, 0.15) is 10.6 Å². The van der Waals surface area contributed by atoms with E-state index in [-0.39, 0.29) is 33.4 Å². The molecule has 4 N–H and O–H groups in total. The summed E-state index contributed by atoms with van der Waals surface area (Å²) in [6.45, 7) is 1.90. The van der Waals surface area contributed by atoms with E-state index in [1.807, 2.05) is 19.1 Å². The van der Waals surface area contributed by atoms with Crippen LogP contribution in [0.2, 0.25) is 5.02 Å². The minimum Gasteiger partial charge on any atom is -0.454 e. The molecular weight excluding hydrogens is 553 g/mol. The van der Waals surface area contributed by atoms with Gasteiger partial charge in [0.05, 0.1) is 16.4 Å². The Morgan fingerprint density at radius 2 is 1.77 bits per heavy atom. The van der Waals surface area contributed by atoms with Crippen LogP contribution in [0.5, 0.6) is 11.5 Å². The quantitative estimate of drug-likeness (QED) is 0.217. The van der Waals surface area contributed by atoms with Crippen molar-refractivity contribution >= 4 is 33.3 Å². The van der Waals surface area contributed by atoms with E-state index in [4.69, 9.17) is 22.1 Å². The maximum Gasteiger partial charge on any atom is 0.263 e. The fourth-order valence-electron chi connectivity index (χ4n) is 4.59. The molecular formula is C29H29ClFN5O3S. The van der Waals surface area contributed by atoms with E-state index in [1.54, 1.807) is 30.5 Å². The number of hydrogen-bond acceptors (Lipinski definition) is 7. The number of anilines is 2. The molecule has 0 amide bonds. The summed E-state index contributed by atoms with van der Waals surface area (Å²) in [6, 6.07) is 17.7. The van der Waals surface area contributed by atoms with Gasteiger partial charge in [0.15, 0.2) is 11.6 Å². The smallest absolute Gasteiger partial charge is 0.263 e. The number of aromatic nitrogens is 2. The Kier molecular flexibility index (Phi) is 8.20. The van der Waals surface area contributed by atoms with Crippen LogP contribution < -0.4 is 20.5 Å². The normalized spacial score (nSPS) is 17.3. The lowest BCUT2D eigenvalue weighted by molar-refractivity contribution is 0.410. The molecule has 1 aromatic heterocycles. The summed E-state index contributed by atoms with van der Waals surface area (Å²) in [5, 5.41) is 3.46. The van der Waals surface area contributed by atoms with Gasteiger partial charge in [-0.2, -0.15) is 0 Å². The third-order valence-corrected chi connectivity index (χ3v) is 8.58. The molecule has 4 aromatic rings. The van der Waals surface area contributed by atoms with Gasteiger partial charge in [-0.3, -0.25) is 4.72 Å². The number of nitrogens with one attached hydrogen (secondary N) is 2. The predicted octanol–water partition coefficient (Wildman–Crippen LogP) is 6.52. The molecule has 0 aliphatic heterocycles. The second-order valence-corrected chi connectivity index (χ2v) is 11.9. The Balaban J connectivity index is 1.37. The highest BCUT2D eigenvalue weighted by molar-refractivity contribution is 7.92. The molecule has 1 aliphatic carbocycles. The number of ether oxygens (including phenoxy) is 1. The minimum absolute atomic E-state index is 0.0319. The van der Waals surface area contributed by atoms with Crippen molar-refractivity contribution < 1.29 is 17.5 Å². The van der Waals surface area contributed by atoms with E-state index in [0.29, 0.717) is 23.0 Å². The number of sulfonamides is 1. The van der Waals surface area contributed by atoms with Crippen molar-refractivity contribution in [2.45, 2.75) is 49.6 Å². The average molecular weight is 582 g/mol. The molecule has 40 heavy (non-hydrogen) atoms. The molecule has 5 rings (SSSR count). The third-order valence-electron chi connectivity index (χ3n) is 6.70. The number of rotatable bonds is 8. The number of halogens is 2. The third kappa shape index (κ3) is 6.52. The van der Waals surface area contributed by atoms with Crippen molar-refractivity contribution in [1.29, 1.82) is 0 Å². The van der Waals surface area contributed by atoms with Gasteiger partial charge in [-0.25, -0.2) is 22.8 Å². The molecule has 1 fully saturated rings. The van der Waals surface area contributed by atoms with Gasteiger partial charge in [-0.15, -0.1) is 0 Å². The first-order valence-electron chi connectivity index (χ1n) is 12.9. The van der Waals surface area contributed by atoms with Crippen molar-refractivity contribution in [1.82, 2.24) is 9.97 Å². The molecule has 0 radical (unpaired) electrons. The van der Waals surface area contributed by atoms with Gasteiger partial charge in [0, 0.05) is 29.9 Å². The van der Waals surface area contributed by atoms with Crippen LogP contribution in [0.1, 0.15) is 31.2 Å². The lowest BCUT2D eigenvalue weighted by atomic mass is 9.92. The first-order valence-corrected chi connectivity index (χ1v) is 14.7. The first kappa shape index (κ1) is 27.8. The largest absolute Gasteiger partial charge is 0.454 e. The zero-order valence-electron chi connectivity index (χ0n) is 21.8. The Morgan fingerprint density at radius 3 is 2.52 bits per heavy atom. The topological polar surface area (TPSA) is 119 Å². The predicted molar refractivity (Wildman–Crippen MR) is 155 cm³/mol. The molecule has 0 saturated heterocycles. The molecule has 0 spiro atoms. The number of hydrogen-bond donors (Lipinski definition) is 3. The highest BCUT2D eigenvalue weighted by Crippen LogP contribution is 2.36. The lowest BCUT2D eigenvalue weighted by Crippen LogP contribution is -2.33. The van der Waals surface area contributed by atoms with Crippen molar-refractivity contribution in [2.75, 3.05) is 10.0 Å². The summed E-state index contributed by atoms with van der Waals surface area (Å²) in [6.07, 6.45) is 5.50. The SMILES string of the molecule is Cc1ccc(-c2ccnc(NC3CCC(N)CC3)n2)c(Oc2ccc(NS(=O)(=O)c3ccccc3Cl)cc2F)c1. The Hall–Kier alpha value is -3.73. The van der Waals surface area contributed by atoms with Crippen LogP contribution in [0.4, 0.5) is 16.0 Å². The van der Waals surface area contributed by atoms with Gasteiger partial charge < -0.3 is 15.8 Å². The number of nitrogens with zero attached hydrogens (tertiary/aromatic N) is 2. The van der Waals surface area contributed by atoms with Crippen LogP contribution >= 0.6 is 11.6 Å². The molecule has 8 nitrogen and oxygen atoms in total. The van der Waals surface area contributed by atoms with Crippen LogP contribution in [0.25, 0.3) is 11.3 Å². The highest BCUT2D eigenvalue weighted by Gasteiger charge is 2.21. The molecule has 0 atom stereocenters. The summed E-state index contributed by atoms with van der Waals surface area (Å²) in [7, 11) is -4.01. The van der Waals surface area contributed by atoms with Gasteiger partial charge in [0.2, 0.25) is 5.95 Å². The van der Waals surface area contributed by atoms with E-state index in [2.05, 4.69) is 20.0 Å². The van der Waals surface area contributed by atoms with E-state index >= 15 is 4.39 Å². The van der Waals surface area contributed by atoms with Gasteiger partial charge in [-0.1, -0.05) is 29.8 Å². The van der Waals surface area contributed by atoms with Gasteiger partial charge in [-0.05, 0) is 80.6 Å². The zero-order valence-corrected chi connectivity index (χ0v) is 23.3. The maximum absolute atomic E-state index is 15.1. The number of aryl methyl sites for hydroxylation is 1. The van der Waals surface area contributed by atoms with Crippen LogP contribution in [0, 0.1) is 12.7 Å².